The van der Waals surface area contributed by atoms with Crippen LogP contribution in [0.25, 0.3) is 10.9 Å². The van der Waals surface area contributed by atoms with Gasteiger partial charge in [-0.2, -0.15) is 12.6 Å². The van der Waals surface area contributed by atoms with Crippen molar-refractivity contribution in [1.29, 1.82) is 0 Å². The van der Waals surface area contributed by atoms with Crippen LogP contribution in [0.1, 0.15) is 38.5 Å². The fourth-order valence-electron chi connectivity index (χ4n) is 4.95. The van der Waals surface area contributed by atoms with Crippen LogP contribution in [0.5, 0.6) is 23.0 Å². The summed E-state index contributed by atoms with van der Waals surface area (Å²) in [7, 11) is 1.54. The first kappa shape index (κ1) is 31.1. The SMILES string of the molecule is COc1cc2c(Oc3ccc(N(C(=O)C4(C(N)=O)CC4)c4ccc(F)cc4)cc3F)ccnc2cc1OCCCCCCS. The van der Waals surface area contributed by atoms with E-state index >= 15 is 4.39 Å². The van der Waals surface area contributed by atoms with E-state index in [1.54, 1.807) is 24.4 Å². The van der Waals surface area contributed by atoms with E-state index in [0.29, 0.717) is 34.8 Å². The van der Waals surface area contributed by atoms with Gasteiger partial charge in [-0.25, -0.2) is 8.78 Å². The first-order valence-electron chi connectivity index (χ1n) is 14.4. The summed E-state index contributed by atoms with van der Waals surface area (Å²) in [5, 5.41) is 0.578. The van der Waals surface area contributed by atoms with Gasteiger partial charge in [0.05, 0.1) is 24.9 Å². The van der Waals surface area contributed by atoms with Gasteiger partial charge in [-0.3, -0.25) is 19.5 Å². The second-order valence-electron chi connectivity index (χ2n) is 10.6. The molecule has 4 aromatic rings. The molecule has 1 fully saturated rings. The van der Waals surface area contributed by atoms with E-state index in [9.17, 15) is 14.0 Å². The number of fused-ring (bicyclic) bond motifs is 1. The first-order valence-corrected chi connectivity index (χ1v) is 15.0. The highest BCUT2D eigenvalue weighted by atomic mass is 32.1. The van der Waals surface area contributed by atoms with Crippen LogP contribution in [0.15, 0.2) is 66.9 Å². The minimum atomic E-state index is -1.39. The Morgan fingerprint density at radius 3 is 2.30 bits per heavy atom. The van der Waals surface area contributed by atoms with Crippen LogP contribution in [-0.4, -0.2) is 36.3 Å². The van der Waals surface area contributed by atoms with Crippen molar-refractivity contribution in [3.8, 4) is 23.0 Å². The van der Waals surface area contributed by atoms with E-state index in [1.165, 1.54) is 48.4 Å². The molecule has 2 amide bonds. The molecule has 1 aliphatic carbocycles. The van der Waals surface area contributed by atoms with Gasteiger partial charge in [0.25, 0.3) is 0 Å². The van der Waals surface area contributed by atoms with Gasteiger partial charge >= 0.3 is 0 Å². The number of primary amides is 1. The Labute approximate surface area is 259 Å². The Morgan fingerprint density at radius 2 is 1.64 bits per heavy atom. The highest BCUT2D eigenvalue weighted by Crippen LogP contribution is 2.49. The van der Waals surface area contributed by atoms with Crippen molar-refractivity contribution in [2.75, 3.05) is 24.4 Å². The van der Waals surface area contributed by atoms with Crippen LogP contribution in [0.2, 0.25) is 0 Å². The van der Waals surface area contributed by atoms with Crippen molar-refractivity contribution >= 4 is 46.7 Å². The summed E-state index contributed by atoms with van der Waals surface area (Å²) in [6, 6.07) is 14.2. The number of unbranched alkanes of at least 4 members (excludes halogenated alkanes) is 3. The fourth-order valence-corrected chi connectivity index (χ4v) is 5.17. The molecule has 0 spiro atoms. The Morgan fingerprint density at radius 1 is 0.909 bits per heavy atom. The summed E-state index contributed by atoms with van der Waals surface area (Å²) in [4.78, 5) is 31.3. The third-order valence-electron chi connectivity index (χ3n) is 7.61. The number of carbonyl (C=O) groups is 2. The third kappa shape index (κ3) is 6.57. The monoisotopic (exact) mass is 621 g/mol. The molecule has 44 heavy (non-hydrogen) atoms. The van der Waals surface area contributed by atoms with Crippen molar-refractivity contribution in [2.45, 2.75) is 38.5 Å². The number of ether oxygens (including phenoxy) is 3. The second kappa shape index (κ2) is 13.5. The number of carbonyl (C=O) groups excluding carboxylic acids is 2. The Hall–Kier alpha value is -4.38. The standard InChI is InChI=1S/C33H33F2N3O5S/c1-41-29-19-24-26(20-30(29)42-16-4-2-3-5-17-44)37-15-12-27(24)43-28-11-10-23(18-25(28)35)38(22-8-6-21(34)7-9-22)32(40)33(13-14-33)31(36)39/h6-12,15,18-20,44H,2-5,13-14,16-17H2,1H3,(H2,36,39). The van der Waals surface area contributed by atoms with Crippen molar-refractivity contribution in [1.82, 2.24) is 4.98 Å². The van der Waals surface area contributed by atoms with Crippen molar-refractivity contribution < 1.29 is 32.6 Å². The maximum atomic E-state index is 15.6. The number of amides is 2. The van der Waals surface area contributed by atoms with Gasteiger partial charge in [0.2, 0.25) is 11.8 Å². The smallest absolute Gasteiger partial charge is 0.247 e. The number of hydrogen-bond acceptors (Lipinski definition) is 7. The van der Waals surface area contributed by atoms with Crippen molar-refractivity contribution in [3.05, 3.63) is 78.5 Å². The predicted molar refractivity (Wildman–Crippen MR) is 167 cm³/mol. The number of pyridine rings is 1. The quantitative estimate of drug-likeness (QED) is 0.0884. The second-order valence-corrected chi connectivity index (χ2v) is 11.0. The first-order chi connectivity index (χ1) is 21.3. The average Bonchev–Trinajstić information content (AvgIpc) is 3.84. The molecule has 230 valence electrons. The molecule has 0 saturated heterocycles. The molecule has 5 rings (SSSR count). The van der Waals surface area contributed by atoms with Gasteiger partial charge in [0.15, 0.2) is 23.1 Å². The molecule has 1 aromatic heterocycles. The predicted octanol–water partition coefficient (Wildman–Crippen LogP) is 7.11. The molecular weight excluding hydrogens is 588 g/mol. The van der Waals surface area contributed by atoms with Crippen molar-refractivity contribution in [3.63, 3.8) is 0 Å². The van der Waals surface area contributed by atoms with Gasteiger partial charge in [-0.15, -0.1) is 0 Å². The lowest BCUT2D eigenvalue weighted by Crippen LogP contribution is -2.41. The van der Waals surface area contributed by atoms with E-state index < -0.39 is 28.9 Å². The molecule has 0 bridgehead atoms. The Bertz CT molecular complexity index is 1660. The largest absolute Gasteiger partial charge is 0.493 e. The number of anilines is 2. The number of thiol groups is 1. The maximum Gasteiger partial charge on any atom is 0.247 e. The van der Waals surface area contributed by atoms with E-state index in [4.69, 9.17) is 19.9 Å². The Balaban J connectivity index is 1.41. The Kier molecular flexibility index (Phi) is 9.53. The van der Waals surface area contributed by atoms with E-state index in [0.717, 1.165) is 37.5 Å². The molecular formula is C33H33F2N3O5S. The lowest BCUT2D eigenvalue weighted by Gasteiger charge is -2.26. The van der Waals surface area contributed by atoms with E-state index in [-0.39, 0.29) is 30.0 Å². The summed E-state index contributed by atoms with van der Waals surface area (Å²) >= 11 is 4.24. The minimum Gasteiger partial charge on any atom is -0.493 e. The highest BCUT2D eigenvalue weighted by Gasteiger charge is 2.57. The number of rotatable bonds is 14. The zero-order chi connectivity index (χ0) is 31.3. The number of nitrogens with two attached hydrogens (primary N) is 1. The molecule has 1 heterocycles. The van der Waals surface area contributed by atoms with Gasteiger partial charge in [0.1, 0.15) is 17.0 Å². The van der Waals surface area contributed by atoms with Crippen LogP contribution in [0, 0.1) is 17.0 Å². The van der Waals surface area contributed by atoms with E-state index in [2.05, 4.69) is 17.6 Å². The maximum absolute atomic E-state index is 15.6. The third-order valence-corrected chi connectivity index (χ3v) is 7.93. The van der Waals surface area contributed by atoms with Crippen LogP contribution < -0.4 is 24.8 Å². The van der Waals surface area contributed by atoms with Gasteiger partial charge in [-0.1, -0.05) is 12.8 Å². The fraction of sp³-hybridized carbons (Fsp3) is 0.303. The van der Waals surface area contributed by atoms with Gasteiger partial charge in [-0.05, 0) is 80.0 Å². The molecule has 0 unspecified atom stereocenters. The topological polar surface area (TPSA) is 104 Å². The van der Waals surface area contributed by atoms with Crippen LogP contribution in [0.3, 0.4) is 0 Å². The number of benzene rings is 3. The van der Waals surface area contributed by atoms with Crippen LogP contribution in [0.4, 0.5) is 20.2 Å². The molecule has 1 saturated carbocycles. The molecule has 11 heteroatoms. The summed E-state index contributed by atoms with van der Waals surface area (Å²) in [5.74, 6) is -0.509. The molecule has 1 aliphatic rings. The van der Waals surface area contributed by atoms with Crippen LogP contribution >= 0.6 is 12.6 Å². The number of aromatic nitrogens is 1. The molecule has 0 aliphatic heterocycles. The zero-order valence-corrected chi connectivity index (χ0v) is 25.1. The molecule has 3 aromatic carbocycles. The lowest BCUT2D eigenvalue weighted by molar-refractivity contribution is -0.133. The van der Waals surface area contributed by atoms with E-state index in [1.807, 2.05) is 0 Å². The molecule has 2 N–H and O–H groups in total. The average molecular weight is 622 g/mol. The molecule has 8 nitrogen and oxygen atoms in total. The summed E-state index contributed by atoms with van der Waals surface area (Å²) < 4.78 is 46.8. The van der Waals surface area contributed by atoms with Crippen LogP contribution in [-0.2, 0) is 9.59 Å². The zero-order valence-electron chi connectivity index (χ0n) is 24.2. The number of hydrogen-bond donors (Lipinski definition) is 2. The number of nitrogens with zero attached hydrogens (tertiary/aromatic N) is 2. The van der Waals surface area contributed by atoms with Crippen molar-refractivity contribution in [2.24, 2.45) is 11.1 Å². The van der Waals surface area contributed by atoms with Gasteiger partial charge in [0, 0.05) is 29.4 Å². The number of halogens is 2. The number of methoxy groups -OCH3 is 1. The lowest BCUT2D eigenvalue weighted by atomic mass is 10.0. The molecule has 0 atom stereocenters. The highest BCUT2D eigenvalue weighted by molar-refractivity contribution is 7.80. The summed E-state index contributed by atoms with van der Waals surface area (Å²) in [6.07, 6.45) is 6.21. The minimum absolute atomic E-state index is 0.107. The normalized spacial score (nSPS) is 13.4. The summed E-state index contributed by atoms with van der Waals surface area (Å²) in [6.45, 7) is 0.528. The van der Waals surface area contributed by atoms with Gasteiger partial charge < -0.3 is 19.9 Å². The molecule has 0 radical (unpaired) electrons. The summed E-state index contributed by atoms with van der Waals surface area (Å²) in [5.41, 5.74) is 5.13.